The van der Waals surface area contributed by atoms with Gasteiger partial charge in [-0.1, -0.05) is 12.2 Å². The van der Waals surface area contributed by atoms with Crippen molar-refractivity contribution in [2.24, 2.45) is 5.92 Å². The zero-order valence-electron chi connectivity index (χ0n) is 12.0. The number of carbonyl (C=O) groups is 1. The van der Waals surface area contributed by atoms with Gasteiger partial charge in [0.1, 0.15) is 0 Å². The lowest BCUT2D eigenvalue weighted by atomic mass is 9.93. The van der Waals surface area contributed by atoms with Gasteiger partial charge >= 0.3 is 0 Å². The molecule has 5 nitrogen and oxygen atoms in total. The van der Waals surface area contributed by atoms with E-state index in [0.29, 0.717) is 25.9 Å². The predicted octanol–water partition coefficient (Wildman–Crippen LogP) is 1.27. The number of amides is 1. The van der Waals surface area contributed by atoms with E-state index in [9.17, 15) is 13.2 Å². The molecule has 1 amide bonds. The smallest absolute Gasteiger partial charge is 0.223 e. The molecule has 6 heteroatoms. The molecular formula is C14H24N2O3S. The van der Waals surface area contributed by atoms with Gasteiger partial charge in [0.25, 0.3) is 0 Å². The van der Waals surface area contributed by atoms with E-state index in [1.165, 1.54) is 0 Å². The molecule has 1 atom stereocenters. The number of hydrogen-bond acceptors (Lipinski definition) is 3. The third-order valence-corrected chi connectivity index (χ3v) is 6.08. The van der Waals surface area contributed by atoms with Crippen LogP contribution in [-0.2, 0) is 14.8 Å². The highest BCUT2D eigenvalue weighted by molar-refractivity contribution is 7.89. The summed E-state index contributed by atoms with van der Waals surface area (Å²) >= 11 is 0. The molecule has 1 N–H and O–H groups in total. The van der Waals surface area contributed by atoms with Crippen LogP contribution < -0.4 is 5.32 Å². The van der Waals surface area contributed by atoms with Crippen molar-refractivity contribution < 1.29 is 13.2 Å². The first-order valence-electron chi connectivity index (χ1n) is 7.46. The van der Waals surface area contributed by atoms with Crippen molar-refractivity contribution in [3.8, 4) is 0 Å². The summed E-state index contributed by atoms with van der Waals surface area (Å²) in [6, 6.07) is 0.122. The first kappa shape index (κ1) is 15.5. The van der Waals surface area contributed by atoms with Crippen molar-refractivity contribution in [1.82, 2.24) is 9.62 Å². The van der Waals surface area contributed by atoms with E-state index in [4.69, 9.17) is 0 Å². The highest BCUT2D eigenvalue weighted by atomic mass is 32.2. The second kappa shape index (κ2) is 6.72. The van der Waals surface area contributed by atoms with Crippen LogP contribution in [-0.4, -0.2) is 43.5 Å². The standard InChI is InChI=1S/C14H24N2O3S/c1-2-20(18,19)16-10-8-13(9-11-16)15-14(17)12-6-4-3-5-7-12/h3-4,12-13H,2,5-11H2,1H3,(H,15,17). The quantitative estimate of drug-likeness (QED) is 0.795. The maximum absolute atomic E-state index is 12.1. The lowest BCUT2D eigenvalue weighted by Gasteiger charge is -2.32. The van der Waals surface area contributed by atoms with E-state index in [0.717, 1.165) is 19.3 Å². The fraction of sp³-hybridized carbons (Fsp3) is 0.786. The van der Waals surface area contributed by atoms with Gasteiger partial charge in [-0.15, -0.1) is 0 Å². The Morgan fingerprint density at radius 3 is 2.50 bits per heavy atom. The summed E-state index contributed by atoms with van der Waals surface area (Å²) < 4.78 is 25.1. The number of nitrogens with zero attached hydrogens (tertiary/aromatic N) is 1. The molecule has 114 valence electrons. The highest BCUT2D eigenvalue weighted by Crippen LogP contribution is 2.20. The van der Waals surface area contributed by atoms with Gasteiger partial charge in [-0.3, -0.25) is 4.79 Å². The summed E-state index contributed by atoms with van der Waals surface area (Å²) in [6.07, 6.45) is 8.36. The molecule has 0 saturated carbocycles. The molecule has 1 fully saturated rings. The Morgan fingerprint density at radius 1 is 1.25 bits per heavy atom. The van der Waals surface area contributed by atoms with Crippen LogP contribution in [0, 0.1) is 5.92 Å². The normalized spacial score (nSPS) is 25.6. The highest BCUT2D eigenvalue weighted by Gasteiger charge is 2.28. The second-order valence-corrected chi connectivity index (χ2v) is 7.82. The topological polar surface area (TPSA) is 66.5 Å². The lowest BCUT2D eigenvalue weighted by Crippen LogP contribution is -2.48. The van der Waals surface area contributed by atoms with E-state index in [1.807, 2.05) is 0 Å². The first-order chi connectivity index (χ1) is 9.53. The fourth-order valence-corrected chi connectivity index (χ4v) is 3.94. The molecule has 0 aromatic heterocycles. The molecule has 0 radical (unpaired) electrons. The van der Waals surface area contributed by atoms with Gasteiger partial charge in [-0.25, -0.2) is 12.7 Å². The minimum absolute atomic E-state index is 0.0948. The molecule has 1 aliphatic carbocycles. The van der Waals surface area contributed by atoms with E-state index in [-0.39, 0.29) is 23.6 Å². The Hall–Kier alpha value is -0.880. The van der Waals surface area contributed by atoms with Crippen molar-refractivity contribution in [3.05, 3.63) is 12.2 Å². The zero-order chi connectivity index (χ0) is 14.6. The van der Waals surface area contributed by atoms with Crippen LogP contribution >= 0.6 is 0 Å². The van der Waals surface area contributed by atoms with Crippen molar-refractivity contribution in [2.75, 3.05) is 18.8 Å². The van der Waals surface area contributed by atoms with E-state index < -0.39 is 10.0 Å². The molecule has 0 aromatic carbocycles. The van der Waals surface area contributed by atoms with Crippen molar-refractivity contribution >= 4 is 15.9 Å². The number of sulfonamides is 1. The second-order valence-electron chi connectivity index (χ2n) is 5.56. The Kier molecular flexibility index (Phi) is 5.21. The SMILES string of the molecule is CCS(=O)(=O)N1CCC(NC(=O)C2CC=CCC2)CC1. The number of nitrogens with one attached hydrogen (secondary N) is 1. The Bertz CT molecular complexity index is 465. The van der Waals surface area contributed by atoms with Gasteiger partial charge in [-0.05, 0) is 39.0 Å². The van der Waals surface area contributed by atoms with E-state index in [2.05, 4.69) is 17.5 Å². The average molecular weight is 300 g/mol. The number of carbonyl (C=O) groups excluding carboxylic acids is 1. The molecule has 1 saturated heterocycles. The summed E-state index contributed by atoms with van der Waals surface area (Å²) in [5.41, 5.74) is 0. The molecule has 2 aliphatic rings. The van der Waals surface area contributed by atoms with Crippen molar-refractivity contribution in [2.45, 2.75) is 45.1 Å². The largest absolute Gasteiger partial charge is 0.353 e. The molecule has 0 bridgehead atoms. The van der Waals surface area contributed by atoms with Gasteiger partial charge in [0.2, 0.25) is 15.9 Å². The minimum Gasteiger partial charge on any atom is -0.353 e. The molecule has 1 unspecified atom stereocenters. The molecule has 2 rings (SSSR count). The van der Waals surface area contributed by atoms with Crippen LogP contribution in [0.3, 0.4) is 0 Å². The number of rotatable bonds is 4. The predicted molar refractivity (Wildman–Crippen MR) is 78.7 cm³/mol. The monoisotopic (exact) mass is 300 g/mol. The molecular weight excluding hydrogens is 276 g/mol. The Balaban J connectivity index is 1.79. The van der Waals surface area contributed by atoms with Crippen LogP contribution in [0.15, 0.2) is 12.2 Å². The molecule has 0 aromatic rings. The van der Waals surface area contributed by atoms with E-state index >= 15 is 0 Å². The number of piperidine rings is 1. The van der Waals surface area contributed by atoms with Gasteiger partial charge in [0.15, 0.2) is 0 Å². The summed E-state index contributed by atoms with van der Waals surface area (Å²) in [4.78, 5) is 12.1. The first-order valence-corrected chi connectivity index (χ1v) is 9.07. The minimum atomic E-state index is -3.08. The number of hydrogen-bond donors (Lipinski definition) is 1. The van der Waals surface area contributed by atoms with E-state index in [1.54, 1.807) is 11.2 Å². The molecule has 20 heavy (non-hydrogen) atoms. The average Bonchev–Trinajstić information content (AvgIpc) is 2.48. The van der Waals surface area contributed by atoms with Crippen LogP contribution in [0.1, 0.15) is 39.0 Å². The third kappa shape index (κ3) is 3.82. The van der Waals surface area contributed by atoms with Crippen LogP contribution in [0.2, 0.25) is 0 Å². The van der Waals surface area contributed by atoms with Gasteiger partial charge < -0.3 is 5.32 Å². The number of allylic oxidation sites excluding steroid dienone is 2. The van der Waals surface area contributed by atoms with Crippen LogP contribution in [0.5, 0.6) is 0 Å². The fourth-order valence-electron chi connectivity index (χ4n) is 2.81. The van der Waals surface area contributed by atoms with Crippen molar-refractivity contribution in [1.29, 1.82) is 0 Å². The Labute approximate surface area is 121 Å². The van der Waals surface area contributed by atoms with Crippen LogP contribution in [0.4, 0.5) is 0 Å². The molecule has 1 aliphatic heterocycles. The molecule has 0 spiro atoms. The van der Waals surface area contributed by atoms with Crippen LogP contribution in [0.25, 0.3) is 0 Å². The maximum Gasteiger partial charge on any atom is 0.223 e. The Morgan fingerprint density at radius 2 is 1.95 bits per heavy atom. The van der Waals surface area contributed by atoms with Gasteiger partial charge in [0, 0.05) is 25.0 Å². The summed E-state index contributed by atoms with van der Waals surface area (Å²) in [5.74, 6) is 0.377. The lowest BCUT2D eigenvalue weighted by molar-refractivity contribution is -0.126. The van der Waals surface area contributed by atoms with Gasteiger partial charge in [-0.2, -0.15) is 0 Å². The maximum atomic E-state index is 12.1. The van der Waals surface area contributed by atoms with Gasteiger partial charge in [0.05, 0.1) is 5.75 Å². The third-order valence-electron chi connectivity index (χ3n) is 4.20. The summed E-state index contributed by atoms with van der Waals surface area (Å²) in [5, 5.41) is 3.08. The zero-order valence-corrected chi connectivity index (χ0v) is 12.9. The molecule has 1 heterocycles. The summed E-state index contributed by atoms with van der Waals surface area (Å²) in [7, 11) is -3.08. The summed E-state index contributed by atoms with van der Waals surface area (Å²) in [6.45, 7) is 2.71. The van der Waals surface area contributed by atoms with Crippen molar-refractivity contribution in [3.63, 3.8) is 0 Å².